The van der Waals surface area contributed by atoms with Gasteiger partial charge in [0.2, 0.25) is 5.91 Å². The maximum Gasteiger partial charge on any atom is 0.229 e. The van der Waals surface area contributed by atoms with Crippen molar-refractivity contribution in [2.45, 2.75) is 33.6 Å². The molecular weight excluding hydrogens is 437 g/mol. The Morgan fingerprint density at radius 1 is 1.18 bits per heavy atom. The number of piperidine rings is 1. The van der Waals surface area contributed by atoms with E-state index in [1.807, 2.05) is 45.0 Å². The Bertz CT molecular complexity index is 1340. The van der Waals surface area contributed by atoms with Gasteiger partial charge in [0.05, 0.1) is 22.0 Å². The number of thiazole rings is 1. The number of hydrogen-bond donors (Lipinski definition) is 1. The number of carbonyl (C=O) groups is 1. The normalized spacial score (nSPS) is 16.4. The van der Waals surface area contributed by atoms with E-state index in [0.717, 1.165) is 57.4 Å². The number of aryl methyl sites for hydroxylation is 3. The SMILES string of the molecule is Cc1ccc(C)c(NC(=O)[C@@H]2CCCN(c3nc4c(s3)c(C)nn4-c3cccc(F)c3)C2)c1. The van der Waals surface area contributed by atoms with Crippen molar-refractivity contribution >= 4 is 38.4 Å². The molecule has 1 amide bonds. The number of nitrogens with one attached hydrogen (secondary N) is 1. The predicted molar refractivity (Wildman–Crippen MR) is 131 cm³/mol. The van der Waals surface area contributed by atoms with Crippen molar-refractivity contribution in [1.82, 2.24) is 14.8 Å². The predicted octanol–water partition coefficient (Wildman–Crippen LogP) is 5.40. The number of fused-ring (bicyclic) bond motifs is 1. The number of benzene rings is 2. The Hall–Kier alpha value is -3.26. The van der Waals surface area contributed by atoms with Crippen LogP contribution in [0.5, 0.6) is 0 Å². The summed E-state index contributed by atoms with van der Waals surface area (Å²) in [7, 11) is 0. The van der Waals surface area contributed by atoms with Crippen LogP contribution in [-0.2, 0) is 4.79 Å². The molecule has 3 heterocycles. The molecule has 0 aliphatic carbocycles. The van der Waals surface area contributed by atoms with Gasteiger partial charge in [-0.15, -0.1) is 0 Å². The average molecular weight is 464 g/mol. The third kappa shape index (κ3) is 4.23. The summed E-state index contributed by atoms with van der Waals surface area (Å²) in [5, 5.41) is 8.57. The first kappa shape index (κ1) is 21.6. The fourth-order valence-electron chi connectivity index (χ4n) is 4.32. The van der Waals surface area contributed by atoms with Gasteiger partial charge in [0, 0.05) is 18.8 Å². The van der Waals surface area contributed by atoms with Gasteiger partial charge >= 0.3 is 0 Å². The summed E-state index contributed by atoms with van der Waals surface area (Å²) in [6.45, 7) is 7.46. The minimum Gasteiger partial charge on any atom is -0.347 e. The van der Waals surface area contributed by atoms with Gasteiger partial charge in [0.15, 0.2) is 10.8 Å². The zero-order chi connectivity index (χ0) is 23.1. The molecule has 0 saturated carbocycles. The van der Waals surface area contributed by atoms with E-state index < -0.39 is 0 Å². The molecule has 0 radical (unpaired) electrons. The fourth-order valence-corrected chi connectivity index (χ4v) is 5.34. The molecule has 0 spiro atoms. The second-order valence-electron chi connectivity index (χ2n) is 8.72. The zero-order valence-corrected chi connectivity index (χ0v) is 19.7. The number of nitrogens with zero attached hydrogens (tertiary/aromatic N) is 4. The van der Waals surface area contributed by atoms with Gasteiger partial charge in [0.1, 0.15) is 5.82 Å². The Labute approximate surface area is 196 Å². The fraction of sp³-hybridized carbons (Fsp3) is 0.320. The van der Waals surface area contributed by atoms with Crippen molar-refractivity contribution in [2.24, 2.45) is 5.92 Å². The van der Waals surface area contributed by atoms with Crippen LogP contribution in [0.2, 0.25) is 0 Å². The maximum absolute atomic E-state index is 13.8. The molecule has 8 heteroatoms. The van der Waals surface area contributed by atoms with Crippen molar-refractivity contribution < 1.29 is 9.18 Å². The maximum atomic E-state index is 13.8. The summed E-state index contributed by atoms with van der Waals surface area (Å²) in [6.07, 6.45) is 1.78. The van der Waals surface area contributed by atoms with Crippen molar-refractivity contribution in [1.29, 1.82) is 0 Å². The van der Waals surface area contributed by atoms with E-state index in [-0.39, 0.29) is 17.6 Å². The lowest BCUT2D eigenvalue weighted by molar-refractivity contribution is -0.120. The van der Waals surface area contributed by atoms with Gasteiger partial charge in [-0.05, 0) is 69.0 Å². The van der Waals surface area contributed by atoms with Gasteiger partial charge in [-0.2, -0.15) is 10.1 Å². The van der Waals surface area contributed by atoms with E-state index in [1.165, 1.54) is 12.1 Å². The Morgan fingerprint density at radius 3 is 2.85 bits per heavy atom. The lowest BCUT2D eigenvalue weighted by Crippen LogP contribution is -2.40. The van der Waals surface area contributed by atoms with E-state index in [2.05, 4.69) is 15.3 Å². The molecule has 1 aliphatic heterocycles. The van der Waals surface area contributed by atoms with E-state index in [4.69, 9.17) is 4.98 Å². The van der Waals surface area contributed by atoms with Gasteiger partial charge in [-0.25, -0.2) is 9.07 Å². The highest BCUT2D eigenvalue weighted by Gasteiger charge is 2.28. The van der Waals surface area contributed by atoms with E-state index in [9.17, 15) is 9.18 Å². The van der Waals surface area contributed by atoms with Crippen LogP contribution in [0.25, 0.3) is 16.0 Å². The molecule has 1 atom stereocenters. The molecule has 5 rings (SSSR count). The first-order valence-electron chi connectivity index (χ1n) is 11.1. The first-order valence-corrected chi connectivity index (χ1v) is 12.0. The quantitative estimate of drug-likeness (QED) is 0.440. The molecule has 2 aromatic heterocycles. The van der Waals surface area contributed by atoms with Gasteiger partial charge in [-0.1, -0.05) is 29.5 Å². The number of hydrogen-bond acceptors (Lipinski definition) is 5. The molecule has 4 aromatic rings. The van der Waals surface area contributed by atoms with Crippen molar-refractivity contribution in [3.63, 3.8) is 0 Å². The van der Waals surface area contributed by atoms with Crippen LogP contribution in [0.15, 0.2) is 42.5 Å². The summed E-state index contributed by atoms with van der Waals surface area (Å²) >= 11 is 1.58. The summed E-state index contributed by atoms with van der Waals surface area (Å²) in [6, 6.07) is 12.5. The van der Waals surface area contributed by atoms with Gasteiger partial charge < -0.3 is 10.2 Å². The molecule has 0 unspecified atom stereocenters. The standard InChI is InChI=1S/C25H26FN5OS/c1-15-9-10-16(2)21(12-15)27-24(32)18-6-5-11-30(14-18)25-28-23-22(33-25)17(3)29-31(23)20-8-4-7-19(26)13-20/h4,7-10,12-13,18H,5-6,11,14H2,1-3H3,(H,27,32)/t18-/m1/s1. The number of aromatic nitrogens is 3. The summed E-state index contributed by atoms with van der Waals surface area (Å²) in [5.74, 6) is -0.360. The van der Waals surface area contributed by atoms with Crippen LogP contribution >= 0.6 is 11.3 Å². The number of rotatable bonds is 4. The summed E-state index contributed by atoms with van der Waals surface area (Å²) in [4.78, 5) is 20.1. The van der Waals surface area contributed by atoms with Crippen molar-refractivity contribution in [3.05, 3.63) is 65.1 Å². The number of carbonyl (C=O) groups excluding carboxylic acids is 1. The molecule has 1 saturated heterocycles. The second kappa shape index (κ2) is 8.59. The van der Waals surface area contributed by atoms with Crippen LogP contribution in [0.4, 0.5) is 15.2 Å². The Morgan fingerprint density at radius 2 is 2.03 bits per heavy atom. The minimum atomic E-state index is -0.307. The summed E-state index contributed by atoms with van der Waals surface area (Å²) < 4.78 is 16.5. The highest BCUT2D eigenvalue weighted by molar-refractivity contribution is 7.22. The highest BCUT2D eigenvalue weighted by atomic mass is 32.1. The monoisotopic (exact) mass is 463 g/mol. The van der Waals surface area contributed by atoms with Gasteiger partial charge in [0.25, 0.3) is 0 Å². The molecule has 33 heavy (non-hydrogen) atoms. The van der Waals surface area contributed by atoms with Crippen LogP contribution in [0.3, 0.4) is 0 Å². The van der Waals surface area contributed by atoms with Crippen LogP contribution in [0.1, 0.15) is 29.7 Å². The topological polar surface area (TPSA) is 63.1 Å². The first-order chi connectivity index (χ1) is 15.9. The second-order valence-corrected chi connectivity index (χ2v) is 9.70. The lowest BCUT2D eigenvalue weighted by Gasteiger charge is -2.31. The third-order valence-electron chi connectivity index (χ3n) is 6.14. The number of halogens is 1. The molecule has 1 N–H and O–H groups in total. The van der Waals surface area contributed by atoms with Crippen molar-refractivity contribution in [2.75, 3.05) is 23.3 Å². The molecular formula is C25H26FN5OS. The molecule has 0 bridgehead atoms. The molecule has 1 fully saturated rings. The number of anilines is 2. The molecule has 1 aliphatic rings. The number of amides is 1. The van der Waals surface area contributed by atoms with E-state index in [0.29, 0.717) is 12.2 Å². The summed E-state index contributed by atoms with van der Waals surface area (Å²) in [5.41, 5.74) is 5.29. The average Bonchev–Trinajstić information content (AvgIpc) is 3.37. The molecule has 6 nitrogen and oxygen atoms in total. The van der Waals surface area contributed by atoms with Crippen LogP contribution in [-0.4, -0.2) is 33.8 Å². The Kier molecular flexibility index (Phi) is 5.62. The third-order valence-corrected chi connectivity index (χ3v) is 7.36. The van der Waals surface area contributed by atoms with Crippen LogP contribution in [0, 0.1) is 32.5 Å². The van der Waals surface area contributed by atoms with E-state index >= 15 is 0 Å². The van der Waals surface area contributed by atoms with Crippen LogP contribution < -0.4 is 10.2 Å². The molecule has 2 aromatic carbocycles. The van der Waals surface area contributed by atoms with Gasteiger partial charge in [-0.3, -0.25) is 4.79 Å². The smallest absolute Gasteiger partial charge is 0.229 e. The highest BCUT2D eigenvalue weighted by Crippen LogP contribution is 2.34. The lowest BCUT2D eigenvalue weighted by atomic mass is 9.97. The molecule has 170 valence electrons. The van der Waals surface area contributed by atoms with Crippen molar-refractivity contribution in [3.8, 4) is 5.69 Å². The largest absolute Gasteiger partial charge is 0.347 e. The minimum absolute atomic E-state index is 0.0524. The zero-order valence-electron chi connectivity index (χ0n) is 18.9. The Balaban J connectivity index is 1.38. The van der Waals surface area contributed by atoms with E-state index in [1.54, 1.807) is 22.1 Å².